The zero-order valence-corrected chi connectivity index (χ0v) is 19.9. The number of hydrogen-bond donors (Lipinski definition) is 4. The summed E-state index contributed by atoms with van der Waals surface area (Å²) >= 11 is 0. The van der Waals surface area contributed by atoms with Crippen molar-refractivity contribution in [3.05, 3.63) is 46.6 Å². The summed E-state index contributed by atoms with van der Waals surface area (Å²) in [5.41, 5.74) is -0.761. The Balaban J connectivity index is 1.83. The lowest BCUT2D eigenvalue weighted by atomic mass is 9.99. The quantitative estimate of drug-likeness (QED) is 0.362. The molecule has 2 aromatic carbocycles. The molecule has 0 spiro atoms. The Morgan fingerprint density at radius 3 is 2.16 bits per heavy atom. The van der Waals surface area contributed by atoms with Gasteiger partial charge in [0, 0.05) is 31.5 Å². The van der Waals surface area contributed by atoms with Crippen LogP contribution in [-0.2, 0) is 23.8 Å². The largest absolute Gasteiger partial charge is 0.508 e. The first-order chi connectivity index (χ1) is 17.5. The molecule has 3 unspecified atom stereocenters. The third-order valence-corrected chi connectivity index (χ3v) is 5.64. The van der Waals surface area contributed by atoms with Crippen molar-refractivity contribution in [1.82, 2.24) is 0 Å². The van der Waals surface area contributed by atoms with Gasteiger partial charge in [0.25, 0.3) is 0 Å². The Morgan fingerprint density at radius 1 is 0.919 bits per heavy atom. The van der Waals surface area contributed by atoms with Gasteiger partial charge in [0.15, 0.2) is 24.1 Å². The number of aliphatic hydroxyl groups excluding tert-OH is 1. The van der Waals surface area contributed by atoms with Gasteiger partial charge in [-0.3, -0.25) is 14.4 Å². The number of carbonyl (C=O) groups is 2. The number of benzene rings is 2. The van der Waals surface area contributed by atoms with E-state index in [2.05, 4.69) is 0 Å². The van der Waals surface area contributed by atoms with E-state index >= 15 is 0 Å². The van der Waals surface area contributed by atoms with Gasteiger partial charge < -0.3 is 43.8 Å². The molecule has 3 aromatic rings. The summed E-state index contributed by atoms with van der Waals surface area (Å²) < 4.78 is 27.7. The van der Waals surface area contributed by atoms with Crippen molar-refractivity contribution >= 4 is 22.9 Å². The van der Waals surface area contributed by atoms with E-state index in [0.29, 0.717) is 0 Å². The summed E-state index contributed by atoms with van der Waals surface area (Å²) in [6, 6.07) is 7.58. The van der Waals surface area contributed by atoms with Crippen LogP contribution in [0.5, 0.6) is 23.0 Å². The van der Waals surface area contributed by atoms with Crippen LogP contribution in [0.25, 0.3) is 22.3 Å². The molecule has 0 saturated carbocycles. The van der Waals surface area contributed by atoms with Gasteiger partial charge in [-0.2, -0.15) is 0 Å². The number of rotatable bonds is 5. The highest BCUT2D eigenvalue weighted by Crippen LogP contribution is 2.37. The summed E-state index contributed by atoms with van der Waals surface area (Å²) in [7, 11) is 0. The number of ether oxygens (including phenoxy) is 4. The van der Waals surface area contributed by atoms with Crippen molar-refractivity contribution in [3.63, 3.8) is 0 Å². The topological polar surface area (TPSA) is 182 Å². The fraction of sp³-hybridized carbons (Fsp3) is 0.320. The van der Waals surface area contributed by atoms with E-state index in [9.17, 15) is 34.8 Å². The minimum Gasteiger partial charge on any atom is -0.508 e. The normalized spacial score (nSPS) is 23.4. The van der Waals surface area contributed by atoms with Crippen molar-refractivity contribution in [3.8, 4) is 34.3 Å². The standard InChI is InChI=1S/C25H24O12/c1-10-21(34-11(2)26)24(35-12(3)27)20(32)25(33-10)37-23-19(31)18-16(30)8-15(29)9-17(18)36-22(23)13-4-6-14(28)7-5-13/h4-10,20-21,24-25,28-30,32H,1-3H3/t10-,20+,21?,24?,25?/m0/s1. The van der Waals surface area contributed by atoms with Gasteiger partial charge in [-0.05, 0) is 31.2 Å². The number of esters is 2. The number of aliphatic hydroxyl groups is 1. The van der Waals surface area contributed by atoms with Crippen LogP contribution in [0.15, 0.2) is 45.6 Å². The average molecular weight is 516 g/mol. The minimum absolute atomic E-state index is 0.0646. The molecule has 4 rings (SSSR count). The van der Waals surface area contributed by atoms with Gasteiger partial charge >= 0.3 is 11.9 Å². The van der Waals surface area contributed by atoms with Gasteiger partial charge in [0.05, 0.1) is 6.10 Å². The molecule has 0 amide bonds. The number of phenolic OH excluding ortho intramolecular Hbond substituents is 3. The predicted molar refractivity (Wildman–Crippen MR) is 125 cm³/mol. The minimum atomic E-state index is -1.72. The fourth-order valence-electron chi connectivity index (χ4n) is 4.06. The summed E-state index contributed by atoms with van der Waals surface area (Å²) in [5.74, 6) is -3.14. The van der Waals surface area contributed by atoms with Crippen molar-refractivity contribution < 1.29 is 53.4 Å². The average Bonchev–Trinajstić information content (AvgIpc) is 2.80. The van der Waals surface area contributed by atoms with Crippen LogP contribution in [0.4, 0.5) is 0 Å². The van der Waals surface area contributed by atoms with E-state index in [4.69, 9.17) is 23.4 Å². The second-order valence-corrected chi connectivity index (χ2v) is 8.44. The van der Waals surface area contributed by atoms with Gasteiger partial charge in [0.1, 0.15) is 28.2 Å². The maximum absolute atomic E-state index is 13.5. The Labute approximate surface area is 209 Å². The number of phenols is 3. The Hall–Kier alpha value is -4.29. The second-order valence-electron chi connectivity index (χ2n) is 8.44. The zero-order chi connectivity index (χ0) is 27.0. The van der Waals surface area contributed by atoms with E-state index in [0.717, 1.165) is 26.0 Å². The molecule has 0 bridgehead atoms. The lowest BCUT2D eigenvalue weighted by molar-refractivity contribution is -0.276. The monoisotopic (exact) mass is 516 g/mol. The second kappa shape index (κ2) is 9.99. The van der Waals surface area contributed by atoms with E-state index in [1.165, 1.54) is 31.2 Å². The molecule has 196 valence electrons. The van der Waals surface area contributed by atoms with E-state index in [1.807, 2.05) is 0 Å². The molecular formula is C25H24O12. The smallest absolute Gasteiger partial charge is 0.303 e. The van der Waals surface area contributed by atoms with Gasteiger partial charge in [-0.1, -0.05) is 0 Å². The van der Waals surface area contributed by atoms with Crippen LogP contribution >= 0.6 is 0 Å². The van der Waals surface area contributed by atoms with Crippen molar-refractivity contribution in [1.29, 1.82) is 0 Å². The Morgan fingerprint density at radius 2 is 1.54 bits per heavy atom. The maximum Gasteiger partial charge on any atom is 0.303 e. The molecule has 37 heavy (non-hydrogen) atoms. The first-order valence-electron chi connectivity index (χ1n) is 11.1. The van der Waals surface area contributed by atoms with Crippen molar-refractivity contribution in [2.45, 2.75) is 51.5 Å². The molecule has 1 fully saturated rings. The third kappa shape index (κ3) is 5.15. The van der Waals surface area contributed by atoms with E-state index in [1.54, 1.807) is 0 Å². The summed E-state index contributed by atoms with van der Waals surface area (Å²) in [5, 5.41) is 40.5. The van der Waals surface area contributed by atoms with Crippen LogP contribution in [0.2, 0.25) is 0 Å². The highest BCUT2D eigenvalue weighted by atomic mass is 16.7. The maximum atomic E-state index is 13.5. The highest BCUT2D eigenvalue weighted by molar-refractivity contribution is 5.88. The molecule has 12 nitrogen and oxygen atoms in total. The van der Waals surface area contributed by atoms with Crippen molar-refractivity contribution in [2.24, 2.45) is 0 Å². The summed E-state index contributed by atoms with van der Waals surface area (Å²) in [4.78, 5) is 36.8. The fourth-order valence-corrected chi connectivity index (χ4v) is 4.06. The van der Waals surface area contributed by atoms with Crippen molar-refractivity contribution in [2.75, 3.05) is 0 Å². The number of fused-ring (bicyclic) bond motifs is 1. The Bertz CT molecular complexity index is 1390. The van der Waals surface area contributed by atoms with Gasteiger partial charge in [-0.15, -0.1) is 0 Å². The lowest BCUT2D eigenvalue weighted by Gasteiger charge is -2.41. The predicted octanol–water partition coefficient (Wildman–Crippen LogP) is 1.92. The molecule has 12 heteroatoms. The van der Waals surface area contributed by atoms with Crippen LogP contribution in [0.1, 0.15) is 20.8 Å². The molecule has 4 N–H and O–H groups in total. The summed E-state index contributed by atoms with van der Waals surface area (Å²) in [6.07, 6.45) is -6.85. The molecule has 1 saturated heterocycles. The van der Waals surface area contributed by atoms with E-state index in [-0.39, 0.29) is 33.8 Å². The number of carbonyl (C=O) groups excluding carboxylic acids is 2. The molecule has 1 aliphatic rings. The molecule has 5 atom stereocenters. The molecule has 0 aliphatic carbocycles. The molecular weight excluding hydrogens is 492 g/mol. The van der Waals surface area contributed by atoms with Gasteiger partial charge in [-0.25, -0.2) is 0 Å². The third-order valence-electron chi connectivity index (χ3n) is 5.64. The first-order valence-corrected chi connectivity index (χ1v) is 11.1. The van der Waals surface area contributed by atoms with Crippen LogP contribution in [-0.4, -0.2) is 63.1 Å². The number of hydrogen-bond acceptors (Lipinski definition) is 12. The van der Waals surface area contributed by atoms with Crippen LogP contribution in [0.3, 0.4) is 0 Å². The highest BCUT2D eigenvalue weighted by Gasteiger charge is 2.49. The van der Waals surface area contributed by atoms with E-state index < -0.39 is 59.6 Å². The first kappa shape index (κ1) is 25.8. The summed E-state index contributed by atoms with van der Waals surface area (Å²) in [6.45, 7) is 3.73. The van der Waals surface area contributed by atoms with Crippen LogP contribution in [0, 0.1) is 0 Å². The van der Waals surface area contributed by atoms with Crippen LogP contribution < -0.4 is 10.2 Å². The molecule has 1 aliphatic heterocycles. The van der Waals surface area contributed by atoms with Gasteiger partial charge in [0.2, 0.25) is 17.5 Å². The Kier molecular flexibility index (Phi) is 6.96. The lowest BCUT2D eigenvalue weighted by Crippen LogP contribution is -2.61. The molecule has 0 radical (unpaired) electrons. The molecule has 2 heterocycles. The number of aromatic hydroxyl groups is 3. The zero-order valence-electron chi connectivity index (χ0n) is 19.9. The SMILES string of the molecule is CC(=O)OC1C(OC(C)=O)[C@H](C)OC(Oc2c(-c3ccc(O)cc3)oc3cc(O)cc(O)c3c2=O)[C@@H]1O. The molecule has 1 aromatic heterocycles.